The van der Waals surface area contributed by atoms with Crippen molar-refractivity contribution in [1.29, 1.82) is 0 Å². The second-order valence-corrected chi connectivity index (χ2v) is 7.10. The number of rotatable bonds is 1. The molecule has 132 valence electrons. The maximum absolute atomic E-state index is 13.2. The van der Waals surface area contributed by atoms with E-state index in [9.17, 15) is 14.7 Å². The Hall–Kier alpha value is -2.70. The van der Waals surface area contributed by atoms with E-state index in [4.69, 9.17) is 4.74 Å². The fourth-order valence-corrected chi connectivity index (χ4v) is 4.01. The Morgan fingerprint density at radius 2 is 2.04 bits per heavy atom. The molecule has 1 aromatic heterocycles. The molecule has 7 nitrogen and oxygen atoms in total. The van der Waals surface area contributed by atoms with Gasteiger partial charge in [-0.15, -0.1) is 0 Å². The number of aromatic nitrogens is 1. The van der Waals surface area contributed by atoms with Gasteiger partial charge in [-0.1, -0.05) is 0 Å². The number of carbonyl (C=O) groups is 2. The number of aryl methyl sites for hydroxylation is 1. The van der Waals surface area contributed by atoms with Crippen LogP contribution in [-0.2, 0) is 11.8 Å². The molecule has 2 saturated heterocycles. The molecule has 0 unspecified atom stereocenters. The van der Waals surface area contributed by atoms with Gasteiger partial charge < -0.3 is 24.2 Å². The van der Waals surface area contributed by atoms with Crippen LogP contribution in [0.3, 0.4) is 0 Å². The van der Waals surface area contributed by atoms with E-state index < -0.39 is 5.60 Å². The van der Waals surface area contributed by atoms with Crippen molar-refractivity contribution in [2.24, 2.45) is 7.05 Å². The molecule has 1 N–H and O–H groups in total. The van der Waals surface area contributed by atoms with Crippen molar-refractivity contribution in [2.75, 3.05) is 26.7 Å². The summed E-state index contributed by atoms with van der Waals surface area (Å²) in [7, 11) is 3.61. The molecule has 3 heterocycles. The van der Waals surface area contributed by atoms with Crippen LogP contribution in [0.25, 0.3) is 10.9 Å². The topological polar surface area (TPSA) is 75.0 Å². The SMILES string of the molecule is Cc1c(C(=O)N2CC[C@]3(CN(C)C(=O)O3)C2)c2cc(O)ccc2n1C. The molecular formula is C18H21N3O4. The van der Waals surface area contributed by atoms with Gasteiger partial charge in [0, 0.05) is 43.7 Å². The standard InChI is InChI=1S/C18H21N3O4/c1-11-15(13-8-12(22)4-5-14(13)20(11)3)16(23)21-7-6-18(10-21)9-19(2)17(24)25-18/h4-5,8,22H,6-7,9-10H2,1-3H3/t18-/m0/s1. The summed E-state index contributed by atoms with van der Waals surface area (Å²) in [6.45, 7) is 3.36. The summed E-state index contributed by atoms with van der Waals surface area (Å²) in [5, 5.41) is 10.6. The second kappa shape index (κ2) is 5.15. The van der Waals surface area contributed by atoms with E-state index in [2.05, 4.69) is 0 Å². The zero-order valence-corrected chi connectivity index (χ0v) is 14.6. The smallest absolute Gasteiger partial charge is 0.410 e. The van der Waals surface area contributed by atoms with Crippen LogP contribution in [-0.4, -0.2) is 63.8 Å². The minimum absolute atomic E-state index is 0.0869. The molecule has 2 aliphatic heterocycles. The monoisotopic (exact) mass is 343 g/mol. The van der Waals surface area contributed by atoms with Crippen molar-refractivity contribution in [3.05, 3.63) is 29.5 Å². The third kappa shape index (κ3) is 2.26. The second-order valence-electron chi connectivity index (χ2n) is 7.10. The zero-order chi connectivity index (χ0) is 17.9. The fraction of sp³-hybridized carbons (Fsp3) is 0.444. The van der Waals surface area contributed by atoms with Crippen molar-refractivity contribution in [3.8, 4) is 5.75 Å². The molecule has 0 bridgehead atoms. The largest absolute Gasteiger partial charge is 0.508 e. The Labute approximate surface area is 145 Å². The Kier molecular flexibility index (Phi) is 3.25. The molecule has 7 heteroatoms. The summed E-state index contributed by atoms with van der Waals surface area (Å²) in [5.74, 6) is 0.0487. The van der Waals surface area contributed by atoms with E-state index in [-0.39, 0.29) is 17.7 Å². The number of phenols is 1. The molecule has 2 aromatic rings. The molecule has 25 heavy (non-hydrogen) atoms. The Morgan fingerprint density at radius 3 is 2.72 bits per heavy atom. The Morgan fingerprint density at radius 1 is 1.28 bits per heavy atom. The zero-order valence-electron chi connectivity index (χ0n) is 14.6. The van der Waals surface area contributed by atoms with Gasteiger partial charge in [0.25, 0.3) is 5.91 Å². The van der Waals surface area contributed by atoms with Gasteiger partial charge in [0.05, 0.1) is 18.7 Å². The Bertz CT molecular complexity index is 903. The van der Waals surface area contributed by atoms with Gasteiger partial charge in [-0.2, -0.15) is 0 Å². The van der Waals surface area contributed by atoms with Crippen LogP contribution < -0.4 is 0 Å². The van der Waals surface area contributed by atoms with Gasteiger partial charge in [-0.05, 0) is 25.1 Å². The maximum Gasteiger partial charge on any atom is 0.410 e. The molecule has 2 amide bonds. The summed E-state index contributed by atoms with van der Waals surface area (Å²) >= 11 is 0. The van der Waals surface area contributed by atoms with Crippen LogP contribution in [0.15, 0.2) is 18.2 Å². The first-order valence-corrected chi connectivity index (χ1v) is 8.33. The molecule has 0 saturated carbocycles. The molecule has 1 atom stereocenters. The number of benzene rings is 1. The summed E-state index contributed by atoms with van der Waals surface area (Å²) in [5.41, 5.74) is 1.76. The first-order chi connectivity index (χ1) is 11.8. The predicted molar refractivity (Wildman–Crippen MR) is 91.7 cm³/mol. The van der Waals surface area contributed by atoms with Gasteiger partial charge >= 0.3 is 6.09 Å². The lowest BCUT2D eigenvalue weighted by Crippen LogP contribution is -2.39. The third-order valence-corrected chi connectivity index (χ3v) is 5.43. The maximum atomic E-state index is 13.2. The highest BCUT2D eigenvalue weighted by molar-refractivity contribution is 6.08. The van der Waals surface area contributed by atoms with Crippen LogP contribution in [0.2, 0.25) is 0 Å². The number of ether oxygens (including phenoxy) is 1. The van der Waals surface area contributed by atoms with Crippen LogP contribution >= 0.6 is 0 Å². The van der Waals surface area contributed by atoms with Crippen molar-refractivity contribution in [3.63, 3.8) is 0 Å². The van der Waals surface area contributed by atoms with Crippen molar-refractivity contribution in [2.45, 2.75) is 18.9 Å². The van der Waals surface area contributed by atoms with Gasteiger partial charge in [0.2, 0.25) is 0 Å². The van der Waals surface area contributed by atoms with E-state index in [0.29, 0.717) is 31.6 Å². The van der Waals surface area contributed by atoms with Gasteiger partial charge in [-0.3, -0.25) is 4.79 Å². The number of hydrogen-bond donors (Lipinski definition) is 1. The third-order valence-electron chi connectivity index (χ3n) is 5.43. The lowest BCUT2D eigenvalue weighted by atomic mass is 10.0. The molecular weight excluding hydrogens is 322 g/mol. The molecule has 0 aliphatic carbocycles. The quantitative estimate of drug-likeness (QED) is 0.858. The van der Waals surface area contributed by atoms with Crippen molar-refractivity contribution >= 4 is 22.9 Å². The average molecular weight is 343 g/mol. The van der Waals surface area contributed by atoms with Crippen LogP contribution in [0.5, 0.6) is 5.75 Å². The highest BCUT2D eigenvalue weighted by Crippen LogP contribution is 2.35. The molecule has 2 aliphatic rings. The number of likely N-dealkylation sites (tertiary alicyclic amines) is 1. The van der Waals surface area contributed by atoms with E-state index >= 15 is 0 Å². The van der Waals surface area contributed by atoms with E-state index in [0.717, 1.165) is 16.6 Å². The highest BCUT2D eigenvalue weighted by Gasteiger charge is 2.49. The number of fused-ring (bicyclic) bond motifs is 1. The summed E-state index contributed by atoms with van der Waals surface area (Å²) < 4.78 is 7.48. The summed E-state index contributed by atoms with van der Waals surface area (Å²) in [6.07, 6.45) is 0.310. The van der Waals surface area contributed by atoms with Crippen molar-refractivity contribution < 1.29 is 19.4 Å². The molecule has 0 radical (unpaired) electrons. The van der Waals surface area contributed by atoms with Crippen LogP contribution in [0.4, 0.5) is 4.79 Å². The first kappa shape index (κ1) is 15.8. The van der Waals surface area contributed by atoms with Crippen LogP contribution in [0.1, 0.15) is 22.5 Å². The number of amides is 2. The number of aromatic hydroxyl groups is 1. The lowest BCUT2D eigenvalue weighted by Gasteiger charge is -2.22. The normalized spacial score (nSPS) is 23.1. The van der Waals surface area contributed by atoms with E-state index in [1.165, 1.54) is 0 Å². The van der Waals surface area contributed by atoms with Gasteiger partial charge in [-0.25, -0.2) is 4.79 Å². The average Bonchev–Trinajstić information content (AvgIpc) is 3.16. The number of carbonyl (C=O) groups excluding carboxylic acids is 2. The highest BCUT2D eigenvalue weighted by atomic mass is 16.6. The van der Waals surface area contributed by atoms with Crippen LogP contribution in [0, 0.1) is 6.92 Å². The minimum atomic E-state index is -0.595. The van der Waals surface area contributed by atoms with Gasteiger partial charge in [0.1, 0.15) is 5.75 Å². The number of hydrogen-bond acceptors (Lipinski definition) is 4. The summed E-state index contributed by atoms with van der Waals surface area (Å²) in [4.78, 5) is 28.2. The number of phenolic OH excluding ortho intramolecular Hbond substituents is 1. The first-order valence-electron chi connectivity index (χ1n) is 8.33. The minimum Gasteiger partial charge on any atom is -0.508 e. The fourth-order valence-electron chi connectivity index (χ4n) is 4.01. The summed E-state index contributed by atoms with van der Waals surface area (Å²) in [6, 6.07) is 5.06. The van der Waals surface area contributed by atoms with E-state index in [1.807, 2.05) is 24.6 Å². The van der Waals surface area contributed by atoms with E-state index in [1.54, 1.807) is 29.0 Å². The predicted octanol–water partition coefficient (Wildman–Crippen LogP) is 1.86. The van der Waals surface area contributed by atoms with Crippen molar-refractivity contribution in [1.82, 2.24) is 14.4 Å². The molecule has 1 aromatic carbocycles. The van der Waals surface area contributed by atoms with Gasteiger partial charge in [0.15, 0.2) is 5.60 Å². The number of likely N-dealkylation sites (N-methyl/N-ethyl adjacent to an activating group) is 1. The lowest BCUT2D eigenvalue weighted by molar-refractivity contribution is 0.0553. The Balaban J connectivity index is 1.69. The molecule has 4 rings (SSSR count). The molecule has 1 spiro atoms. The number of nitrogens with zero attached hydrogens (tertiary/aromatic N) is 3. The molecule has 2 fully saturated rings.